The summed E-state index contributed by atoms with van der Waals surface area (Å²) in [6.07, 6.45) is -0.0552. The van der Waals surface area contributed by atoms with Gasteiger partial charge in [-0.1, -0.05) is 0 Å². The molecule has 1 aromatic rings. The van der Waals surface area contributed by atoms with Crippen molar-refractivity contribution < 1.29 is 24.4 Å². The highest BCUT2D eigenvalue weighted by molar-refractivity contribution is 5.97. The Balaban J connectivity index is 3.03. The Bertz CT molecular complexity index is 564. The number of pyridine rings is 1. The van der Waals surface area contributed by atoms with Crippen molar-refractivity contribution in [1.82, 2.24) is 4.98 Å². The Hall–Kier alpha value is -2.71. The number of carbonyl (C=O) groups is 2. The lowest BCUT2D eigenvalue weighted by Gasteiger charge is -2.19. The highest BCUT2D eigenvalue weighted by atomic mass is 16.6. The molecule has 0 fully saturated rings. The van der Waals surface area contributed by atoms with Crippen molar-refractivity contribution in [2.75, 3.05) is 5.32 Å². The quantitative estimate of drug-likeness (QED) is 0.640. The van der Waals surface area contributed by atoms with Gasteiger partial charge in [-0.25, -0.2) is 14.6 Å². The zero-order chi connectivity index (χ0) is 15.5. The Labute approximate surface area is 113 Å². The zero-order valence-corrected chi connectivity index (χ0v) is 11.0. The van der Waals surface area contributed by atoms with E-state index in [0.29, 0.717) is 0 Å². The van der Waals surface area contributed by atoms with Crippen LogP contribution in [-0.2, 0) is 4.74 Å². The number of nitro groups is 1. The first-order chi connectivity index (χ1) is 9.10. The molecule has 1 aromatic heterocycles. The summed E-state index contributed by atoms with van der Waals surface area (Å²) in [4.78, 5) is 35.9. The fourth-order valence-electron chi connectivity index (χ4n) is 1.22. The van der Waals surface area contributed by atoms with E-state index < -0.39 is 33.8 Å². The molecule has 0 aliphatic rings. The van der Waals surface area contributed by atoms with E-state index in [1.165, 1.54) is 0 Å². The number of carboxylic acid groups (broad SMARTS) is 1. The number of hydrogen-bond donors (Lipinski definition) is 2. The summed E-state index contributed by atoms with van der Waals surface area (Å²) in [5.41, 5.74) is -1.75. The molecular weight excluding hydrogens is 270 g/mol. The summed E-state index contributed by atoms with van der Waals surface area (Å²) < 4.78 is 4.94. The first-order valence-electron chi connectivity index (χ1n) is 5.48. The minimum atomic E-state index is -1.45. The molecule has 9 nitrogen and oxygen atoms in total. The molecule has 1 rings (SSSR count). The van der Waals surface area contributed by atoms with Crippen LogP contribution in [0.1, 0.15) is 31.1 Å². The van der Waals surface area contributed by atoms with E-state index in [-0.39, 0.29) is 5.82 Å². The number of anilines is 1. The van der Waals surface area contributed by atoms with E-state index in [9.17, 15) is 19.7 Å². The van der Waals surface area contributed by atoms with Gasteiger partial charge in [0.1, 0.15) is 23.2 Å². The maximum absolute atomic E-state index is 11.5. The van der Waals surface area contributed by atoms with Crippen LogP contribution in [0.3, 0.4) is 0 Å². The van der Waals surface area contributed by atoms with E-state index in [2.05, 4.69) is 10.3 Å². The lowest BCUT2D eigenvalue weighted by atomic mass is 10.2. The van der Waals surface area contributed by atoms with Crippen molar-refractivity contribution in [2.45, 2.75) is 26.4 Å². The molecule has 0 aromatic carbocycles. The van der Waals surface area contributed by atoms with Gasteiger partial charge in [0, 0.05) is 6.07 Å². The summed E-state index contributed by atoms with van der Waals surface area (Å²) in [6.45, 7) is 4.90. The number of ether oxygens (including phenoxy) is 1. The fraction of sp³-hybridized carbons (Fsp3) is 0.364. The summed E-state index contributed by atoms with van der Waals surface area (Å²) >= 11 is 0. The van der Waals surface area contributed by atoms with Crippen LogP contribution in [-0.4, -0.2) is 32.7 Å². The van der Waals surface area contributed by atoms with Gasteiger partial charge in [0.05, 0.1) is 4.92 Å². The average Bonchev–Trinajstić information content (AvgIpc) is 2.25. The SMILES string of the molecule is CC(C)(C)OC(=O)Nc1ncc([N+](=O)[O-])cc1C(=O)O. The van der Waals surface area contributed by atoms with Crippen LogP contribution in [0.5, 0.6) is 0 Å². The summed E-state index contributed by atoms with van der Waals surface area (Å²) in [7, 11) is 0. The smallest absolute Gasteiger partial charge is 0.413 e. The highest BCUT2D eigenvalue weighted by Gasteiger charge is 2.22. The largest absolute Gasteiger partial charge is 0.478 e. The van der Waals surface area contributed by atoms with E-state index >= 15 is 0 Å². The number of nitrogens with zero attached hydrogens (tertiary/aromatic N) is 2. The molecule has 0 aliphatic heterocycles. The summed E-state index contributed by atoms with van der Waals surface area (Å²) in [5.74, 6) is -1.77. The van der Waals surface area contributed by atoms with Crippen LogP contribution < -0.4 is 5.32 Å². The molecule has 2 N–H and O–H groups in total. The molecule has 0 atom stereocenters. The number of aromatic nitrogens is 1. The van der Waals surface area contributed by atoms with Crippen LogP contribution >= 0.6 is 0 Å². The predicted molar refractivity (Wildman–Crippen MR) is 67.7 cm³/mol. The van der Waals surface area contributed by atoms with E-state index in [0.717, 1.165) is 12.3 Å². The Morgan fingerprint density at radius 1 is 1.45 bits per heavy atom. The minimum absolute atomic E-state index is 0.322. The third kappa shape index (κ3) is 4.19. The van der Waals surface area contributed by atoms with Crippen molar-refractivity contribution in [3.63, 3.8) is 0 Å². The normalized spacial score (nSPS) is 10.8. The summed E-state index contributed by atoms with van der Waals surface area (Å²) in [6, 6.07) is 0.808. The molecule has 1 heterocycles. The second kappa shape index (κ2) is 5.51. The molecule has 108 valence electrons. The fourth-order valence-corrected chi connectivity index (χ4v) is 1.22. The van der Waals surface area contributed by atoms with Crippen LogP contribution in [0.2, 0.25) is 0 Å². The molecule has 9 heteroatoms. The molecule has 0 bridgehead atoms. The molecule has 20 heavy (non-hydrogen) atoms. The van der Waals surface area contributed by atoms with Gasteiger partial charge in [-0.05, 0) is 20.8 Å². The van der Waals surface area contributed by atoms with Gasteiger partial charge >= 0.3 is 12.1 Å². The molecule has 0 unspecified atom stereocenters. The molecular formula is C11H13N3O6. The van der Waals surface area contributed by atoms with Gasteiger partial charge in [-0.15, -0.1) is 0 Å². The second-order valence-electron chi connectivity index (χ2n) is 4.78. The maximum atomic E-state index is 11.5. The van der Waals surface area contributed by atoms with Gasteiger partial charge in [0.25, 0.3) is 5.69 Å². The summed E-state index contributed by atoms with van der Waals surface area (Å²) in [5, 5.41) is 21.7. The number of carboxylic acids is 1. The van der Waals surface area contributed by atoms with Crippen LogP contribution in [0.25, 0.3) is 0 Å². The average molecular weight is 283 g/mol. The van der Waals surface area contributed by atoms with Gasteiger partial charge < -0.3 is 9.84 Å². The maximum Gasteiger partial charge on any atom is 0.413 e. The van der Waals surface area contributed by atoms with Crippen LogP contribution in [0, 0.1) is 10.1 Å². The topological polar surface area (TPSA) is 132 Å². The lowest BCUT2D eigenvalue weighted by molar-refractivity contribution is -0.385. The third-order valence-electron chi connectivity index (χ3n) is 1.93. The predicted octanol–water partition coefficient (Wildman–Crippen LogP) is 2.03. The molecule has 0 saturated heterocycles. The number of rotatable bonds is 3. The van der Waals surface area contributed by atoms with Crippen molar-refractivity contribution in [3.8, 4) is 0 Å². The van der Waals surface area contributed by atoms with Gasteiger partial charge in [-0.3, -0.25) is 15.4 Å². The standard InChI is InChI=1S/C11H13N3O6/c1-11(2,3)20-10(17)13-8-7(9(15)16)4-6(5-12-8)14(18)19/h4-5H,1-3H3,(H,15,16)(H,12,13,17). The molecule has 0 spiro atoms. The number of hydrogen-bond acceptors (Lipinski definition) is 6. The Morgan fingerprint density at radius 3 is 2.50 bits per heavy atom. The van der Waals surface area contributed by atoms with Gasteiger partial charge in [-0.2, -0.15) is 0 Å². The third-order valence-corrected chi connectivity index (χ3v) is 1.93. The second-order valence-corrected chi connectivity index (χ2v) is 4.78. The van der Waals surface area contributed by atoms with Crippen LogP contribution in [0.15, 0.2) is 12.3 Å². The van der Waals surface area contributed by atoms with E-state index in [1.54, 1.807) is 20.8 Å². The molecule has 0 saturated carbocycles. The first kappa shape index (κ1) is 15.3. The Morgan fingerprint density at radius 2 is 2.05 bits per heavy atom. The highest BCUT2D eigenvalue weighted by Crippen LogP contribution is 2.20. The molecule has 0 radical (unpaired) electrons. The number of nitrogens with one attached hydrogen (secondary N) is 1. The number of aromatic carboxylic acids is 1. The first-order valence-corrected chi connectivity index (χ1v) is 5.48. The van der Waals surface area contributed by atoms with Crippen molar-refractivity contribution in [2.24, 2.45) is 0 Å². The Kier molecular flexibility index (Phi) is 4.23. The van der Waals surface area contributed by atoms with Gasteiger partial charge in [0.15, 0.2) is 0 Å². The van der Waals surface area contributed by atoms with E-state index in [1.807, 2.05) is 0 Å². The molecule has 1 amide bonds. The number of carbonyl (C=O) groups excluding carboxylic acids is 1. The lowest BCUT2D eigenvalue weighted by Crippen LogP contribution is -2.28. The molecule has 0 aliphatic carbocycles. The van der Waals surface area contributed by atoms with Crippen LogP contribution in [0.4, 0.5) is 16.3 Å². The number of amides is 1. The van der Waals surface area contributed by atoms with Crippen molar-refractivity contribution in [1.29, 1.82) is 0 Å². The van der Waals surface area contributed by atoms with Crippen molar-refractivity contribution >= 4 is 23.6 Å². The zero-order valence-electron chi connectivity index (χ0n) is 11.0. The van der Waals surface area contributed by atoms with E-state index in [4.69, 9.17) is 9.84 Å². The monoisotopic (exact) mass is 283 g/mol. The van der Waals surface area contributed by atoms with Crippen molar-refractivity contribution in [3.05, 3.63) is 27.9 Å². The van der Waals surface area contributed by atoms with Gasteiger partial charge in [0.2, 0.25) is 0 Å². The minimum Gasteiger partial charge on any atom is -0.478 e.